The van der Waals surface area contributed by atoms with Crippen LogP contribution in [0.25, 0.3) is 0 Å². The van der Waals surface area contributed by atoms with Crippen molar-refractivity contribution >= 4 is 53.2 Å². The molecule has 8 amide bonds. The number of amides is 8. The summed E-state index contributed by atoms with van der Waals surface area (Å²) in [5.41, 5.74) is 6.75. The Morgan fingerprint density at radius 2 is 0.956 bits per heavy atom. The number of carboxylic acids is 1. The molecular formula is C49H83N9O10. The molecule has 0 bridgehead atoms. The molecule has 19 heteroatoms. The van der Waals surface area contributed by atoms with Gasteiger partial charge in [-0.1, -0.05) is 126 Å². The molecular weight excluding hydrogens is 875 g/mol. The Morgan fingerprint density at radius 1 is 0.500 bits per heavy atom. The van der Waals surface area contributed by atoms with Crippen molar-refractivity contribution in [1.82, 2.24) is 42.5 Å². The molecule has 0 saturated heterocycles. The first-order valence-electron chi connectivity index (χ1n) is 24.1. The van der Waals surface area contributed by atoms with Crippen LogP contribution in [0.3, 0.4) is 0 Å². The van der Waals surface area contributed by atoms with Crippen LogP contribution in [0.15, 0.2) is 30.3 Å². The maximum Gasteiger partial charge on any atom is 0.326 e. The molecule has 0 heterocycles. The highest BCUT2D eigenvalue weighted by atomic mass is 16.4. The summed E-state index contributed by atoms with van der Waals surface area (Å²) in [7, 11) is 0. The molecule has 11 N–H and O–H groups in total. The first kappa shape index (κ1) is 60.4. The fourth-order valence-corrected chi connectivity index (χ4v) is 7.23. The maximum atomic E-state index is 14.2. The van der Waals surface area contributed by atoms with E-state index in [1.54, 1.807) is 58.0 Å². The van der Waals surface area contributed by atoms with E-state index in [4.69, 9.17) is 5.73 Å². The first-order chi connectivity index (χ1) is 31.7. The second-order valence-corrected chi connectivity index (χ2v) is 19.7. The van der Waals surface area contributed by atoms with E-state index in [9.17, 15) is 48.3 Å². The van der Waals surface area contributed by atoms with Crippen molar-refractivity contribution in [3.8, 4) is 0 Å². The predicted molar refractivity (Wildman–Crippen MR) is 260 cm³/mol. The summed E-state index contributed by atoms with van der Waals surface area (Å²) in [6, 6.07) is 0.103. The average molecular weight is 958 g/mol. The molecule has 0 fully saturated rings. The number of hydrogen-bond acceptors (Lipinski definition) is 10. The van der Waals surface area contributed by atoms with Crippen molar-refractivity contribution in [3.63, 3.8) is 0 Å². The smallest absolute Gasteiger partial charge is 0.326 e. The topological polar surface area (TPSA) is 296 Å². The molecule has 0 aliphatic rings. The largest absolute Gasteiger partial charge is 0.480 e. The zero-order valence-corrected chi connectivity index (χ0v) is 42.6. The summed E-state index contributed by atoms with van der Waals surface area (Å²) in [6.45, 7) is 22.7. The van der Waals surface area contributed by atoms with Crippen LogP contribution in [0.5, 0.6) is 0 Å². The summed E-state index contributed by atoms with van der Waals surface area (Å²) in [5, 5.41) is 30.9. The molecule has 0 spiro atoms. The van der Waals surface area contributed by atoms with Gasteiger partial charge in [-0.15, -0.1) is 0 Å². The fraction of sp³-hybridized carbons (Fsp3) is 0.694. The molecule has 0 aliphatic carbocycles. The number of rotatable bonds is 30. The summed E-state index contributed by atoms with van der Waals surface area (Å²) in [6.07, 6.45) is 1.70. The fourth-order valence-electron chi connectivity index (χ4n) is 7.23. The molecule has 384 valence electrons. The second-order valence-electron chi connectivity index (χ2n) is 19.7. The van der Waals surface area contributed by atoms with Crippen LogP contribution in [0.2, 0.25) is 0 Å². The van der Waals surface area contributed by atoms with Crippen LogP contribution in [-0.2, 0) is 49.6 Å². The van der Waals surface area contributed by atoms with Gasteiger partial charge in [0.25, 0.3) is 0 Å². The number of carboxylic acid groups (broad SMARTS) is 1. The molecule has 0 radical (unpaired) electrons. The Morgan fingerprint density at radius 3 is 1.44 bits per heavy atom. The van der Waals surface area contributed by atoms with E-state index in [0.717, 1.165) is 0 Å². The van der Waals surface area contributed by atoms with Gasteiger partial charge < -0.3 is 53.4 Å². The normalized spacial score (nSPS) is 15.9. The number of hydrogen-bond donors (Lipinski definition) is 10. The summed E-state index contributed by atoms with van der Waals surface area (Å²) >= 11 is 0. The van der Waals surface area contributed by atoms with Crippen molar-refractivity contribution in [2.45, 2.75) is 177 Å². The Kier molecular flexibility index (Phi) is 26.7. The molecule has 0 saturated carbocycles. The zero-order valence-electron chi connectivity index (χ0n) is 42.6. The minimum atomic E-state index is -1.23. The highest BCUT2D eigenvalue weighted by Crippen LogP contribution is 2.15. The van der Waals surface area contributed by atoms with Gasteiger partial charge in [0, 0.05) is 6.42 Å². The highest BCUT2D eigenvalue weighted by Gasteiger charge is 2.36. The zero-order chi connectivity index (χ0) is 52.0. The van der Waals surface area contributed by atoms with E-state index in [2.05, 4.69) is 42.5 Å². The Hall–Kier alpha value is -5.59. The quantitative estimate of drug-likeness (QED) is 0.0533. The first-order valence-corrected chi connectivity index (χ1v) is 24.1. The van der Waals surface area contributed by atoms with Crippen molar-refractivity contribution < 1.29 is 48.3 Å². The molecule has 19 nitrogen and oxygen atoms in total. The third-order valence-electron chi connectivity index (χ3n) is 11.7. The third-order valence-corrected chi connectivity index (χ3v) is 11.7. The van der Waals surface area contributed by atoms with Gasteiger partial charge in [-0.2, -0.15) is 0 Å². The molecule has 1 aromatic carbocycles. The van der Waals surface area contributed by atoms with Gasteiger partial charge in [0.1, 0.15) is 42.3 Å². The van der Waals surface area contributed by atoms with Crippen LogP contribution >= 0.6 is 0 Å². The van der Waals surface area contributed by atoms with E-state index in [0.29, 0.717) is 24.8 Å². The SMILES string of the molecule is CC[C@H](C)[C@H](NC(=O)[C@H](Cc1ccccc1)NC(=O)CNC(=O)[C@H](CC(C)C)NC(=O)[C@@H](NC(=O)[C@@H](N)CC(C)C)C(C)C)C(=O)N[C@H](C(=O)N[C@@H](C)C(=O)N[C@@H](CC(C)C)C(=O)O)[C@@H](C)CC. The van der Waals surface area contributed by atoms with Gasteiger partial charge in [-0.25, -0.2) is 4.79 Å². The number of aliphatic carboxylic acids is 1. The van der Waals surface area contributed by atoms with Gasteiger partial charge in [-0.3, -0.25) is 38.4 Å². The Balaban J connectivity index is 3.29. The Labute approximate surface area is 403 Å². The lowest BCUT2D eigenvalue weighted by molar-refractivity contribution is -0.142. The van der Waals surface area contributed by atoms with E-state index in [1.165, 1.54) is 6.92 Å². The molecule has 10 atom stereocenters. The van der Waals surface area contributed by atoms with E-state index in [1.807, 2.05) is 55.4 Å². The maximum absolute atomic E-state index is 14.2. The second kappa shape index (κ2) is 30.0. The predicted octanol–water partition coefficient (Wildman–Crippen LogP) is 2.06. The van der Waals surface area contributed by atoms with E-state index >= 15 is 0 Å². The number of carbonyl (C=O) groups excluding carboxylic acids is 8. The molecule has 0 aliphatic heterocycles. The third kappa shape index (κ3) is 21.6. The van der Waals surface area contributed by atoms with Gasteiger partial charge in [-0.05, 0) is 67.3 Å². The van der Waals surface area contributed by atoms with Crippen LogP contribution in [-0.4, -0.2) is 113 Å². The van der Waals surface area contributed by atoms with Gasteiger partial charge >= 0.3 is 5.97 Å². The molecule has 0 unspecified atom stereocenters. The lowest BCUT2D eigenvalue weighted by atomic mass is 9.94. The van der Waals surface area contributed by atoms with Crippen LogP contribution < -0.4 is 48.3 Å². The minimum absolute atomic E-state index is 0.00806. The highest BCUT2D eigenvalue weighted by molar-refractivity contribution is 5.97. The van der Waals surface area contributed by atoms with Crippen molar-refractivity contribution in [3.05, 3.63) is 35.9 Å². The summed E-state index contributed by atoms with van der Waals surface area (Å²) in [5.74, 6) is -7.60. The van der Waals surface area contributed by atoms with Gasteiger partial charge in [0.05, 0.1) is 12.6 Å². The monoisotopic (exact) mass is 958 g/mol. The summed E-state index contributed by atoms with van der Waals surface area (Å²) < 4.78 is 0. The van der Waals surface area contributed by atoms with Crippen molar-refractivity contribution in [2.24, 2.45) is 41.2 Å². The lowest BCUT2D eigenvalue weighted by Gasteiger charge is -2.30. The number of benzene rings is 1. The van der Waals surface area contributed by atoms with E-state index < -0.39 is 120 Å². The molecule has 1 aromatic rings. The molecule has 0 aromatic heterocycles. The summed E-state index contributed by atoms with van der Waals surface area (Å²) in [4.78, 5) is 120. The lowest BCUT2D eigenvalue weighted by Crippen LogP contribution is -2.61. The molecule has 1 rings (SSSR count). The van der Waals surface area contributed by atoms with Crippen molar-refractivity contribution in [1.29, 1.82) is 0 Å². The minimum Gasteiger partial charge on any atom is -0.480 e. The number of nitrogens with two attached hydrogens (primary N) is 1. The Bertz CT molecular complexity index is 1830. The van der Waals surface area contributed by atoms with Crippen molar-refractivity contribution in [2.75, 3.05) is 6.54 Å². The number of carbonyl (C=O) groups is 9. The van der Waals surface area contributed by atoms with Gasteiger partial charge in [0.2, 0.25) is 47.3 Å². The number of nitrogens with one attached hydrogen (secondary N) is 8. The molecule has 68 heavy (non-hydrogen) atoms. The average Bonchev–Trinajstić information content (AvgIpc) is 3.26. The van der Waals surface area contributed by atoms with E-state index in [-0.39, 0.29) is 42.9 Å². The van der Waals surface area contributed by atoms with Crippen LogP contribution in [0.4, 0.5) is 0 Å². The van der Waals surface area contributed by atoms with Gasteiger partial charge in [0.15, 0.2) is 0 Å². The standard InChI is InChI=1S/C49H83N9O10/c1-14-30(11)40(47(65)52-32(13)42(60)55-37(49(67)68)23-28(7)8)58-48(66)41(31(12)15-2)57-45(63)36(24-33-19-17-16-18-20-33)53-38(59)25-51-44(62)35(22-27(5)6)54-46(64)39(29(9)10)56-43(61)34(50)21-26(3)4/h16-20,26-32,34-37,39-41H,14-15,21-25,50H2,1-13H3,(H,51,62)(H,52,65)(H,53,59)(H,54,64)(H,55,60)(H,56,61)(H,57,63)(H,58,66)(H,67,68)/t30-,31-,32-,34-,35-,36-,37-,39-,40-,41-/m0/s1. The van der Waals surface area contributed by atoms with Crippen LogP contribution in [0.1, 0.15) is 128 Å². The van der Waals surface area contributed by atoms with Crippen LogP contribution in [0, 0.1) is 35.5 Å².